The van der Waals surface area contributed by atoms with Crippen molar-refractivity contribution in [3.05, 3.63) is 34.0 Å². The first-order valence-electron chi connectivity index (χ1n) is 7.25. The second kappa shape index (κ2) is 7.75. The normalized spacial score (nSPS) is 21.7. The summed E-state index contributed by atoms with van der Waals surface area (Å²) in [5.41, 5.74) is 1.31. The summed E-state index contributed by atoms with van der Waals surface area (Å²) < 4.78 is 0. The maximum atomic E-state index is 10.3. The van der Waals surface area contributed by atoms with Gasteiger partial charge in [-0.25, -0.2) is 0 Å². The number of hydrogen-bond acceptors (Lipinski definition) is 2. The SMILES string of the molecule is OC(CCCc1cccs1)/C1=C/CCCCCC1. The highest BCUT2D eigenvalue weighted by Crippen LogP contribution is 2.22. The first kappa shape index (κ1) is 13.8. The molecule has 0 amide bonds. The van der Waals surface area contributed by atoms with E-state index in [4.69, 9.17) is 0 Å². The van der Waals surface area contributed by atoms with Crippen LogP contribution in [-0.2, 0) is 6.42 Å². The van der Waals surface area contributed by atoms with Gasteiger partial charge in [0.1, 0.15) is 0 Å². The molecule has 1 aromatic rings. The molecule has 18 heavy (non-hydrogen) atoms. The van der Waals surface area contributed by atoms with Gasteiger partial charge in [-0.15, -0.1) is 11.3 Å². The van der Waals surface area contributed by atoms with Gasteiger partial charge in [-0.3, -0.25) is 0 Å². The number of aliphatic hydroxyl groups is 1. The molecule has 0 saturated heterocycles. The molecule has 1 unspecified atom stereocenters. The average Bonchev–Trinajstić information content (AvgIpc) is 2.81. The molecule has 0 fully saturated rings. The van der Waals surface area contributed by atoms with Crippen molar-refractivity contribution < 1.29 is 5.11 Å². The Labute approximate surface area is 115 Å². The summed E-state index contributed by atoms with van der Waals surface area (Å²) in [4.78, 5) is 1.44. The lowest BCUT2D eigenvalue weighted by Crippen LogP contribution is -2.11. The first-order valence-corrected chi connectivity index (χ1v) is 8.13. The quantitative estimate of drug-likeness (QED) is 0.763. The van der Waals surface area contributed by atoms with Gasteiger partial charge in [0.25, 0.3) is 0 Å². The van der Waals surface area contributed by atoms with Crippen molar-refractivity contribution in [3.8, 4) is 0 Å². The van der Waals surface area contributed by atoms with Gasteiger partial charge in [-0.05, 0) is 62.0 Å². The monoisotopic (exact) mass is 264 g/mol. The summed E-state index contributed by atoms with van der Waals surface area (Å²) in [7, 11) is 0. The van der Waals surface area contributed by atoms with Crippen molar-refractivity contribution in [1.82, 2.24) is 0 Å². The molecule has 2 rings (SSSR count). The Morgan fingerprint density at radius 2 is 2.11 bits per heavy atom. The third-order valence-electron chi connectivity index (χ3n) is 3.73. The molecule has 1 aliphatic carbocycles. The predicted octanol–water partition coefficient (Wildman–Crippen LogP) is 4.71. The Bertz CT molecular complexity index is 353. The van der Waals surface area contributed by atoms with E-state index >= 15 is 0 Å². The van der Waals surface area contributed by atoms with Gasteiger partial charge in [0, 0.05) is 4.88 Å². The highest BCUT2D eigenvalue weighted by atomic mass is 32.1. The van der Waals surface area contributed by atoms with E-state index in [2.05, 4.69) is 23.6 Å². The van der Waals surface area contributed by atoms with Gasteiger partial charge < -0.3 is 5.11 Å². The van der Waals surface area contributed by atoms with Crippen LogP contribution in [0.5, 0.6) is 0 Å². The van der Waals surface area contributed by atoms with Crippen molar-refractivity contribution >= 4 is 11.3 Å². The summed E-state index contributed by atoms with van der Waals surface area (Å²) in [6.07, 6.45) is 12.8. The molecule has 0 aromatic carbocycles. The van der Waals surface area contributed by atoms with E-state index in [0.717, 1.165) is 32.1 Å². The highest BCUT2D eigenvalue weighted by Gasteiger charge is 2.11. The van der Waals surface area contributed by atoms with E-state index < -0.39 is 0 Å². The van der Waals surface area contributed by atoms with Gasteiger partial charge >= 0.3 is 0 Å². The first-order chi connectivity index (χ1) is 8.86. The molecule has 1 heterocycles. The standard InChI is InChI=1S/C16H24OS/c17-16(12-6-10-15-11-7-13-18-15)14-8-4-2-1-3-5-9-14/h7-8,11,13,16-17H,1-6,9-10,12H2/b14-8+. The van der Waals surface area contributed by atoms with Gasteiger partial charge in [0.15, 0.2) is 0 Å². The molecule has 0 aliphatic heterocycles. The molecule has 1 atom stereocenters. The molecule has 1 N–H and O–H groups in total. The lowest BCUT2D eigenvalue weighted by Gasteiger charge is -2.17. The molecule has 2 heteroatoms. The van der Waals surface area contributed by atoms with Crippen molar-refractivity contribution in [3.63, 3.8) is 0 Å². The number of hydrogen-bond donors (Lipinski definition) is 1. The fourth-order valence-corrected chi connectivity index (χ4v) is 3.38. The zero-order valence-corrected chi connectivity index (χ0v) is 11.9. The van der Waals surface area contributed by atoms with Crippen LogP contribution in [0.15, 0.2) is 29.2 Å². The highest BCUT2D eigenvalue weighted by molar-refractivity contribution is 7.09. The topological polar surface area (TPSA) is 20.2 Å². The summed E-state index contributed by atoms with van der Waals surface area (Å²) in [6, 6.07) is 4.29. The molecule has 0 radical (unpaired) electrons. The van der Waals surface area contributed by atoms with E-state index in [-0.39, 0.29) is 6.10 Å². The number of aryl methyl sites for hydroxylation is 1. The van der Waals surface area contributed by atoms with E-state index in [0.29, 0.717) is 0 Å². The van der Waals surface area contributed by atoms with E-state index in [1.807, 2.05) is 11.3 Å². The van der Waals surface area contributed by atoms with Crippen LogP contribution in [0.3, 0.4) is 0 Å². The van der Waals surface area contributed by atoms with Crippen LogP contribution in [0.1, 0.15) is 56.2 Å². The zero-order valence-electron chi connectivity index (χ0n) is 11.1. The Balaban J connectivity index is 1.74. The van der Waals surface area contributed by atoms with Crippen LogP contribution >= 0.6 is 11.3 Å². The average molecular weight is 264 g/mol. The van der Waals surface area contributed by atoms with Crippen LogP contribution < -0.4 is 0 Å². The maximum Gasteiger partial charge on any atom is 0.0750 e. The second-order valence-electron chi connectivity index (χ2n) is 5.22. The molecule has 1 aromatic heterocycles. The van der Waals surface area contributed by atoms with Crippen molar-refractivity contribution in [1.29, 1.82) is 0 Å². The molecule has 0 spiro atoms. The Hall–Kier alpha value is -0.600. The third kappa shape index (κ3) is 4.58. The van der Waals surface area contributed by atoms with Gasteiger partial charge in [0.2, 0.25) is 0 Å². The summed E-state index contributed by atoms with van der Waals surface area (Å²) >= 11 is 1.82. The zero-order chi connectivity index (χ0) is 12.6. The minimum atomic E-state index is -0.192. The Morgan fingerprint density at radius 1 is 1.22 bits per heavy atom. The summed E-state index contributed by atoms with van der Waals surface area (Å²) in [5.74, 6) is 0. The van der Waals surface area contributed by atoms with Gasteiger partial charge in [-0.2, -0.15) is 0 Å². The second-order valence-corrected chi connectivity index (χ2v) is 6.25. The lowest BCUT2D eigenvalue weighted by molar-refractivity contribution is 0.191. The fraction of sp³-hybridized carbons (Fsp3) is 0.625. The fourth-order valence-electron chi connectivity index (χ4n) is 2.63. The summed E-state index contributed by atoms with van der Waals surface area (Å²) in [6.45, 7) is 0. The molecular weight excluding hydrogens is 240 g/mol. The predicted molar refractivity (Wildman–Crippen MR) is 79.0 cm³/mol. The van der Waals surface area contributed by atoms with Crippen molar-refractivity contribution in [2.75, 3.05) is 0 Å². The lowest BCUT2D eigenvalue weighted by atomic mass is 9.94. The Kier molecular flexibility index (Phi) is 5.95. The molecular formula is C16H24OS. The van der Waals surface area contributed by atoms with Crippen molar-refractivity contribution in [2.45, 2.75) is 63.9 Å². The Morgan fingerprint density at radius 3 is 2.94 bits per heavy atom. The maximum absolute atomic E-state index is 10.3. The molecule has 1 nitrogen and oxygen atoms in total. The van der Waals surface area contributed by atoms with Crippen molar-refractivity contribution in [2.24, 2.45) is 0 Å². The molecule has 100 valence electrons. The smallest absolute Gasteiger partial charge is 0.0750 e. The molecule has 1 aliphatic rings. The van der Waals surface area contributed by atoms with Crippen LogP contribution in [-0.4, -0.2) is 11.2 Å². The van der Waals surface area contributed by atoms with E-state index in [1.54, 1.807) is 0 Å². The number of aliphatic hydroxyl groups excluding tert-OH is 1. The van der Waals surface area contributed by atoms with Crippen LogP contribution in [0.25, 0.3) is 0 Å². The van der Waals surface area contributed by atoms with Crippen LogP contribution in [0, 0.1) is 0 Å². The van der Waals surface area contributed by atoms with Gasteiger partial charge in [0.05, 0.1) is 6.10 Å². The molecule has 0 bridgehead atoms. The number of allylic oxidation sites excluding steroid dienone is 1. The van der Waals surface area contributed by atoms with Gasteiger partial charge in [-0.1, -0.05) is 25.0 Å². The van der Waals surface area contributed by atoms with Crippen LogP contribution in [0.4, 0.5) is 0 Å². The van der Waals surface area contributed by atoms with Crippen LogP contribution in [0.2, 0.25) is 0 Å². The summed E-state index contributed by atoms with van der Waals surface area (Å²) in [5, 5.41) is 12.4. The molecule has 0 saturated carbocycles. The number of thiophene rings is 1. The minimum Gasteiger partial charge on any atom is -0.389 e. The number of rotatable bonds is 5. The largest absolute Gasteiger partial charge is 0.389 e. The third-order valence-corrected chi connectivity index (χ3v) is 4.67. The van der Waals surface area contributed by atoms with E-state index in [9.17, 15) is 5.11 Å². The van der Waals surface area contributed by atoms with E-state index in [1.165, 1.54) is 36.1 Å². The minimum absolute atomic E-state index is 0.192.